The second kappa shape index (κ2) is 7.60. The lowest BCUT2D eigenvalue weighted by Crippen LogP contribution is -2.48. The third kappa shape index (κ3) is 3.92. The lowest BCUT2D eigenvalue weighted by molar-refractivity contribution is 0.177. The number of fused-ring (bicyclic) bond motifs is 1. The molecule has 2 aromatic rings. The number of rotatable bonds is 3. The summed E-state index contributed by atoms with van der Waals surface area (Å²) < 4.78 is 16.9. The van der Waals surface area contributed by atoms with E-state index >= 15 is 0 Å². The fourth-order valence-electron chi connectivity index (χ4n) is 4.70. The van der Waals surface area contributed by atoms with Gasteiger partial charge in [-0.3, -0.25) is 0 Å². The molecule has 2 atom stereocenters. The van der Waals surface area contributed by atoms with E-state index in [9.17, 15) is 4.21 Å². The topological polar surface area (TPSA) is 61.0 Å². The SMILES string of the molecule is Cc1[nH]c(=S)cnc1N1CCC2(CC1)Cc1ccccc1[C@H]2N[S@](=O)C(C)(C)C. The van der Waals surface area contributed by atoms with Crippen LogP contribution in [0.15, 0.2) is 30.5 Å². The molecule has 1 aromatic carbocycles. The molecule has 0 saturated carbocycles. The summed E-state index contributed by atoms with van der Waals surface area (Å²) in [5.41, 5.74) is 3.82. The van der Waals surface area contributed by atoms with Gasteiger partial charge in [0.2, 0.25) is 0 Å². The Hall–Kier alpha value is -1.57. The minimum atomic E-state index is -1.11. The van der Waals surface area contributed by atoms with Gasteiger partial charge in [0.1, 0.15) is 10.5 Å². The summed E-state index contributed by atoms with van der Waals surface area (Å²) in [6.45, 7) is 9.99. The fraction of sp³-hybridized carbons (Fsp3) is 0.545. The van der Waals surface area contributed by atoms with Gasteiger partial charge in [0.25, 0.3) is 0 Å². The zero-order chi connectivity index (χ0) is 20.8. The summed E-state index contributed by atoms with van der Waals surface area (Å²) in [4.78, 5) is 10.2. The Balaban J connectivity index is 1.60. The van der Waals surface area contributed by atoms with E-state index in [0.29, 0.717) is 4.64 Å². The van der Waals surface area contributed by atoms with Crippen molar-refractivity contribution >= 4 is 29.0 Å². The fourth-order valence-corrected chi connectivity index (χ4v) is 5.85. The highest BCUT2D eigenvalue weighted by Crippen LogP contribution is 2.52. The molecule has 156 valence electrons. The summed E-state index contributed by atoms with van der Waals surface area (Å²) in [5.74, 6) is 0.992. The van der Waals surface area contributed by atoms with E-state index in [1.165, 1.54) is 11.1 Å². The van der Waals surface area contributed by atoms with Crippen LogP contribution in [0.4, 0.5) is 5.82 Å². The summed E-state index contributed by atoms with van der Waals surface area (Å²) in [6, 6.07) is 8.77. The van der Waals surface area contributed by atoms with Gasteiger partial charge in [0.15, 0.2) is 0 Å². The van der Waals surface area contributed by atoms with E-state index in [2.05, 4.69) is 43.9 Å². The van der Waals surface area contributed by atoms with Crippen LogP contribution < -0.4 is 9.62 Å². The zero-order valence-corrected chi connectivity index (χ0v) is 19.3. The predicted molar refractivity (Wildman–Crippen MR) is 122 cm³/mol. The molecule has 7 heteroatoms. The number of nitrogens with one attached hydrogen (secondary N) is 2. The van der Waals surface area contributed by atoms with Crippen LogP contribution >= 0.6 is 12.2 Å². The van der Waals surface area contributed by atoms with E-state index in [1.54, 1.807) is 6.20 Å². The van der Waals surface area contributed by atoms with Crippen molar-refractivity contribution in [1.29, 1.82) is 0 Å². The normalized spacial score (nSPS) is 21.9. The number of hydrogen-bond acceptors (Lipinski definition) is 4. The number of nitrogens with zero attached hydrogens (tertiary/aromatic N) is 2. The quantitative estimate of drug-likeness (QED) is 0.709. The van der Waals surface area contributed by atoms with Gasteiger partial charge in [-0.1, -0.05) is 36.5 Å². The molecule has 1 aliphatic carbocycles. The maximum absolute atomic E-state index is 13.0. The molecule has 2 heterocycles. The highest BCUT2D eigenvalue weighted by Gasteiger charge is 2.48. The van der Waals surface area contributed by atoms with E-state index in [0.717, 1.165) is 43.9 Å². The first-order valence-corrected chi connectivity index (χ1v) is 11.8. The summed E-state index contributed by atoms with van der Waals surface area (Å²) in [5, 5.41) is 0. The van der Waals surface area contributed by atoms with Gasteiger partial charge in [0, 0.05) is 13.1 Å². The van der Waals surface area contributed by atoms with Gasteiger partial charge in [-0.2, -0.15) is 0 Å². The van der Waals surface area contributed by atoms with Crippen LogP contribution in [0.25, 0.3) is 0 Å². The van der Waals surface area contributed by atoms with Crippen LogP contribution in [0.1, 0.15) is 56.5 Å². The Morgan fingerprint density at radius 3 is 2.62 bits per heavy atom. The van der Waals surface area contributed by atoms with Crippen LogP contribution in [0.3, 0.4) is 0 Å². The minimum Gasteiger partial charge on any atom is -0.355 e. The van der Waals surface area contributed by atoms with E-state index in [4.69, 9.17) is 12.2 Å². The van der Waals surface area contributed by atoms with Crippen LogP contribution in [-0.4, -0.2) is 32.0 Å². The van der Waals surface area contributed by atoms with Crippen molar-refractivity contribution in [1.82, 2.24) is 14.7 Å². The molecule has 2 aliphatic rings. The number of H-pyrrole nitrogens is 1. The van der Waals surface area contributed by atoms with Gasteiger partial charge in [0.05, 0.1) is 33.7 Å². The first-order valence-electron chi connectivity index (χ1n) is 10.3. The number of piperidine rings is 1. The molecule has 1 saturated heterocycles. The zero-order valence-electron chi connectivity index (χ0n) is 17.6. The van der Waals surface area contributed by atoms with Gasteiger partial charge in [-0.25, -0.2) is 13.9 Å². The van der Waals surface area contributed by atoms with Crippen molar-refractivity contribution in [2.24, 2.45) is 5.41 Å². The van der Waals surface area contributed by atoms with Crippen molar-refractivity contribution in [2.45, 2.75) is 57.7 Å². The third-order valence-electron chi connectivity index (χ3n) is 6.31. The third-order valence-corrected chi connectivity index (χ3v) is 8.08. The Bertz CT molecular complexity index is 987. The Kier molecular flexibility index (Phi) is 5.42. The van der Waals surface area contributed by atoms with Crippen molar-refractivity contribution < 1.29 is 4.21 Å². The molecule has 0 radical (unpaired) electrons. The van der Waals surface area contributed by atoms with E-state index < -0.39 is 11.0 Å². The average molecular weight is 431 g/mol. The molecular formula is C22H30N4OS2. The molecule has 2 N–H and O–H groups in total. The predicted octanol–water partition coefficient (Wildman–Crippen LogP) is 4.38. The molecular weight excluding hydrogens is 400 g/mol. The van der Waals surface area contributed by atoms with Gasteiger partial charge in [-0.15, -0.1) is 0 Å². The number of aromatic amines is 1. The number of benzene rings is 1. The lowest BCUT2D eigenvalue weighted by Gasteiger charge is -2.44. The van der Waals surface area contributed by atoms with Gasteiger partial charge < -0.3 is 9.88 Å². The first kappa shape index (κ1) is 20.7. The van der Waals surface area contributed by atoms with Crippen LogP contribution in [0.2, 0.25) is 0 Å². The second-order valence-electron chi connectivity index (χ2n) is 9.35. The van der Waals surface area contributed by atoms with E-state index in [1.807, 2.05) is 27.7 Å². The average Bonchev–Trinajstić information content (AvgIpc) is 2.95. The Labute approximate surface area is 180 Å². The number of anilines is 1. The monoisotopic (exact) mass is 430 g/mol. The Morgan fingerprint density at radius 1 is 1.28 bits per heavy atom. The van der Waals surface area contributed by atoms with Crippen LogP contribution in [-0.2, 0) is 17.4 Å². The smallest absolute Gasteiger partial charge is 0.147 e. The van der Waals surface area contributed by atoms with E-state index in [-0.39, 0.29) is 16.2 Å². The molecule has 1 aliphatic heterocycles. The first-order chi connectivity index (χ1) is 13.7. The van der Waals surface area contributed by atoms with Crippen LogP contribution in [0, 0.1) is 17.0 Å². The van der Waals surface area contributed by atoms with Gasteiger partial charge >= 0.3 is 0 Å². The number of aromatic nitrogens is 2. The van der Waals surface area contributed by atoms with Crippen molar-refractivity contribution in [3.05, 3.63) is 51.9 Å². The van der Waals surface area contributed by atoms with Gasteiger partial charge in [-0.05, 0) is 63.5 Å². The lowest BCUT2D eigenvalue weighted by atomic mass is 9.73. The molecule has 0 amide bonds. The molecule has 1 fully saturated rings. The molecule has 0 bridgehead atoms. The standard InChI is InChI=1S/C22H30N4OS2/c1-15-20(23-14-18(28)24-15)26-11-9-22(10-12-26)13-16-7-5-6-8-17(16)19(22)25-29(27)21(2,3)4/h5-8,14,19,25H,9-13H2,1-4H3,(H,24,28)/t19-,29-/m1/s1. The maximum Gasteiger partial charge on any atom is 0.147 e. The molecule has 29 heavy (non-hydrogen) atoms. The summed E-state index contributed by atoms with van der Waals surface area (Å²) in [6.07, 6.45) is 4.85. The van der Waals surface area contributed by atoms with Crippen molar-refractivity contribution in [2.75, 3.05) is 18.0 Å². The number of hydrogen-bond donors (Lipinski definition) is 2. The summed E-state index contributed by atoms with van der Waals surface area (Å²) >= 11 is 5.19. The molecule has 5 nitrogen and oxygen atoms in total. The highest BCUT2D eigenvalue weighted by molar-refractivity contribution is 7.84. The van der Waals surface area contributed by atoms with Crippen molar-refractivity contribution in [3.8, 4) is 0 Å². The largest absolute Gasteiger partial charge is 0.355 e. The highest BCUT2D eigenvalue weighted by atomic mass is 32.2. The van der Waals surface area contributed by atoms with Crippen LogP contribution in [0.5, 0.6) is 0 Å². The number of aryl methyl sites for hydroxylation is 1. The molecule has 0 unspecified atom stereocenters. The summed E-state index contributed by atoms with van der Waals surface area (Å²) in [7, 11) is -1.11. The molecule has 1 spiro atoms. The molecule has 1 aromatic heterocycles. The minimum absolute atomic E-state index is 0.0939. The maximum atomic E-state index is 13.0. The Morgan fingerprint density at radius 2 is 1.97 bits per heavy atom. The van der Waals surface area contributed by atoms with Crippen molar-refractivity contribution in [3.63, 3.8) is 0 Å². The second-order valence-corrected chi connectivity index (χ2v) is 11.8. The molecule has 4 rings (SSSR count).